The molecule has 124 valence electrons. The van der Waals surface area contributed by atoms with Crippen LogP contribution in [0.2, 0.25) is 0 Å². The van der Waals surface area contributed by atoms with Crippen LogP contribution in [0.25, 0.3) is 0 Å². The molecule has 1 aromatic heterocycles. The van der Waals surface area contributed by atoms with Crippen LogP contribution in [0, 0.1) is 0 Å². The van der Waals surface area contributed by atoms with Crippen LogP contribution in [0.5, 0.6) is 11.5 Å². The van der Waals surface area contributed by atoms with E-state index >= 15 is 0 Å². The third-order valence-electron chi connectivity index (χ3n) is 4.18. The van der Waals surface area contributed by atoms with E-state index in [2.05, 4.69) is 0 Å². The van der Waals surface area contributed by atoms with Crippen molar-refractivity contribution in [2.75, 3.05) is 26.4 Å². The molecule has 0 atom stereocenters. The fourth-order valence-corrected chi connectivity index (χ4v) is 2.88. The van der Waals surface area contributed by atoms with Crippen LogP contribution in [-0.4, -0.2) is 48.0 Å². The molecule has 7 nitrogen and oxygen atoms in total. The van der Waals surface area contributed by atoms with Crippen LogP contribution in [0.15, 0.2) is 41.2 Å². The molecular formula is C17H16N2O5. The van der Waals surface area contributed by atoms with Crippen molar-refractivity contribution in [1.29, 1.82) is 0 Å². The third kappa shape index (κ3) is 2.68. The highest BCUT2D eigenvalue weighted by Gasteiger charge is 2.28. The van der Waals surface area contributed by atoms with E-state index in [1.807, 2.05) is 18.2 Å². The number of piperazine rings is 1. The second kappa shape index (κ2) is 5.92. The Morgan fingerprint density at radius 2 is 2.00 bits per heavy atom. The van der Waals surface area contributed by atoms with Gasteiger partial charge in [-0.1, -0.05) is 6.07 Å². The lowest BCUT2D eigenvalue weighted by molar-refractivity contribution is -0.135. The Labute approximate surface area is 138 Å². The second-order valence-corrected chi connectivity index (χ2v) is 5.74. The lowest BCUT2D eigenvalue weighted by atomic mass is 10.1. The van der Waals surface area contributed by atoms with E-state index in [0.29, 0.717) is 30.9 Å². The summed E-state index contributed by atoms with van der Waals surface area (Å²) in [4.78, 5) is 27.9. The molecule has 7 heteroatoms. The van der Waals surface area contributed by atoms with E-state index in [0.717, 1.165) is 11.3 Å². The molecule has 3 heterocycles. The first-order valence-electron chi connectivity index (χ1n) is 7.68. The summed E-state index contributed by atoms with van der Waals surface area (Å²) in [6.07, 6.45) is 2.84. The van der Waals surface area contributed by atoms with Crippen molar-refractivity contribution >= 4 is 11.8 Å². The number of carbonyl (C=O) groups excluding carboxylic acids is 2. The molecule has 2 aromatic rings. The zero-order chi connectivity index (χ0) is 16.5. The first-order chi connectivity index (χ1) is 11.7. The van der Waals surface area contributed by atoms with Gasteiger partial charge in [0.1, 0.15) is 12.8 Å². The third-order valence-corrected chi connectivity index (χ3v) is 4.18. The first-order valence-corrected chi connectivity index (χ1v) is 7.68. The minimum Gasteiger partial charge on any atom is -0.472 e. The summed E-state index contributed by atoms with van der Waals surface area (Å²) in [5, 5.41) is 0. The van der Waals surface area contributed by atoms with E-state index in [9.17, 15) is 9.59 Å². The SMILES string of the molecule is O=C1CN(C(=O)c2ccoc2)CCN1Cc1ccc2c(c1)OCO2. The number of furan rings is 1. The zero-order valence-electron chi connectivity index (χ0n) is 12.9. The van der Waals surface area contributed by atoms with Crippen LogP contribution < -0.4 is 9.47 Å². The van der Waals surface area contributed by atoms with Gasteiger partial charge in [0.25, 0.3) is 5.91 Å². The van der Waals surface area contributed by atoms with Gasteiger partial charge in [-0.25, -0.2) is 0 Å². The van der Waals surface area contributed by atoms with Gasteiger partial charge in [0, 0.05) is 19.6 Å². The molecule has 24 heavy (non-hydrogen) atoms. The van der Waals surface area contributed by atoms with Gasteiger partial charge in [-0.05, 0) is 23.8 Å². The average molecular weight is 328 g/mol. The average Bonchev–Trinajstić information content (AvgIpc) is 3.27. The van der Waals surface area contributed by atoms with Crippen LogP contribution in [0.4, 0.5) is 0 Å². The maximum Gasteiger partial charge on any atom is 0.257 e. The van der Waals surface area contributed by atoms with Gasteiger partial charge in [-0.15, -0.1) is 0 Å². The fraction of sp³-hybridized carbons (Fsp3) is 0.294. The van der Waals surface area contributed by atoms with Crippen LogP contribution in [-0.2, 0) is 11.3 Å². The number of hydrogen-bond donors (Lipinski definition) is 0. The predicted molar refractivity (Wildman–Crippen MR) is 82.6 cm³/mol. The summed E-state index contributed by atoms with van der Waals surface area (Å²) in [5.41, 5.74) is 1.44. The van der Waals surface area contributed by atoms with Crippen molar-refractivity contribution < 1.29 is 23.5 Å². The minimum absolute atomic E-state index is 0.0734. The number of nitrogens with zero attached hydrogens (tertiary/aromatic N) is 2. The van der Waals surface area contributed by atoms with Crippen molar-refractivity contribution in [2.45, 2.75) is 6.54 Å². The molecule has 0 N–H and O–H groups in total. The molecule has 2 aliphatic heterocycles. The van der Waals surface area contributed by atoms with E-state index in [-0.39, 0.29) is 25.2 Å². The second-order valence-electron chi connectivity index (χ2n) is 5.74. The minimum atomic E-state index is -0.181. The molecule has 2 amide bonds. The molecule has 1 saturated heterocycles. The Morgan fingerprint density at radius 3 is 2.79 bits per heavy atom. The molecule has 0 aliphatic carbocycles. The van der Waals surface area contributed by atoms with Gasteiger partial charge in [-0.2, -0.15) is 0 Å². The fourth-order valence-electron chi connectivity index (χ4n) is 2.88. The maximum atomic E-state index is 12.4. The normalized spacial score (nSPS) is 16.6. The van der Waals surface area contributed by atoms with Crippen molar-refractivity contribution in [3.05, 3.63) is 47.9 Å². The highest BCUT2D eigenvalue weighted by Crippen LogP contribution is 2.32. The maximum absolute atomic E-state index is 12.4. The summed E-state index contributed by atoms with van der Waals surface area (Å²) in [7, 11) is 0. The molecule has 0 radical (unpaired) electrons. The van der Waals surface area contributed by atoms with Crippen molar-refractivity contribution in [3.63, 3.8) is 0 Å². The van der Waals surface area contributed by atoms with Gasteiger partial charge in [0.15, 0.2) is 11.5 Å². The topological polar surface area (TPSA) is 72.2 Å². The Morgan fingerprint density at radius 1 is 1.12 bits per heavy atom. The Kier molecular flexibility index (Phi) is 3.60. The quantitative estimate of drug-likeness (QED) is 0.854. The number of benzene rings is 1. The van der Waals surface area contributed by atoms with E-state index in [1.54, 1.807) is 15.9 Å². The van der Waals surface area contributed by atoms with Crippen molar-refractivity contribution in [1.82, 2.24) is 9.80 Å². The van der Waals surface area contributed by atoms with Gasteiger partial charge < -0.3 is 23.7 Å². The molecule has 0 bridgehead atoms. The Hall–Kier alpha value is -2.96. The molecular weight excluding hydrogens is 312 g/mol. The lowest BCUT2D eigenvalue weighted by Gasteiger charge is -2.34. The molecule has 0 spiro atoms. The molecule has 0 saturated carbocycles. The van der Waals surface area contributed by atoms with Crippen molar-refractivity contribution in [3.8, 4) is 11.5 Å². The van der Waals surface area contributed by atoms with Gasteiger partial charge in [0.05, 0.1) is 11.8 Å². The monoisotopic (exact) mass is 328 g/mol. The van der Waals surface area contributed by atoms with Crippen molar-refractivity contribution in [2.24, 2.45) is 0 Å². The highest BCUT2D eigenvalue weighted by atomic mass is 16.7. The zero-order valence-corrected chi connectivity index (χ0v) is 12.9. The van der Waals surface area contributed by atoms with E-state index < -0.39 is 0 Å². The summed E-state index contributed by atoms with van der Waals surface area (Å²) in [6.45, 7) is 1.79. The molecule has 2 aliphatic rings. The first kappa shape index (κ1) is 14.6. The number of fused-ring (bicyclic) bond motifs is 1. The summed E-state index contributed by atoms with van der Waals surface area (Å²) >= 11 is 0. The number of hydrogen-bond acceptors (Lipinski definition) is 5. The summed E-state index contributed by atoms with van der Waals surface area (Å²) in [6, 6.07) is 7.26. The smallest absolute Gasteiger partial charge is 0.257 e. The summed E-state index contributed by atoms with van der Waals surface area (Å²) < 4.78 is 15.6. The standard InChI is InChI=1S/C17H16N2O5/c20-16-9-19(17(21)13-3-6-22-10-13)5-4-18(16)8-12-1-2-14-15(7-12)24-11-23-14/h1-3,6-7,10H,4-5,8-9,11H2. The number of amides is 2. The van der Waals surface area contributed by atoms with Crippen LogP contribution >= 0.6 is 0 Å². The predicted octanol–water partition coefficient (Wildman–Crippen LogP) is 1.49. The van der Waals surface area contributed by atoms with Gasteiger partial charge in [-0.3, -0.25) is 9.59 Å². The molecule has 1 aromatic carbocycles. The Bertz CT molecular complexity index is 771. The highest BCUT2D eigenvalue weighted by molar-refractivity contribution is 5.96. The number of carbonyl (C=O) groups is 2. The number of rotatable bonds is 3. The van der Waals surface area contributed by atoms with E-state index in [4.69, 9.17) is 13.9 Å². The van der Waals surface area contributed by atoms with Gasteiger partial charge in [0.2, 0.25) is 12.7 Å². The largest absolute Gasteiger partial charge is 0.472 e. The lowest BCUT2D eigenvalue weighted by Crippen LogP contribution is -2.51. The molecule has 0 unspecified atom stereocenters. The number of ether oxygens (including phenoxy) is 2. The van der Waals surface area contributed by atoms with Crippen LogP contribution in [0.1, 0.15) is 15.9 Å². The Balaban J connectivity index is 1.40. The van der Waals surface area contributed by atoms with Gasteiger partial charge >= 0.3 is 0 Å². The van der Waals surface area contributed by atoms with E-state index in [1.165, 1.54) is 12.5 Å². The van der Waals surface area contributed by atoms with Crippen LogP contribution in [0.3, 0.4) is 0 Å². The molecule has 1 fully saturated rings. The summed E-state index contributed by atoms with van der Waals surface area (Å²) in [5.74, 6) is 1.17. The molecule has 4 rings (SSSR count).